The van der Waals surface area contributed by atoms with Crippen LogP contribution in [-0.2, 0) is 23.1 Å². The summed E-state index contributed by atoms with van der Waals surface area (Å²) in [4.78, 5) is 16.2. The van der Waals surface area contributed by atoms with Crippen molar-refractivity contribution in [2.45, 2.75) is 68.7 Å². The number of nitrogens with zero attached hydrogens (tertiary/aromatic N) is 2. The fourth-order valence-corrected chi connectivity index (χ4v) is 7.76. The van der Waals surface area contributed by atoms with Gasteiger partial charge in [-0.2, -0.15) is 0 Å². The van der Waals surface area contributed by atoms with Crippen LogP contribution in [0.5, 0.6) is 0 Å². The van der Waals surface area contributed by atoms with Crippen molar-refractivity contribution in [3.8, 4) is 0 Å². The van der Waals surface area contributed by atoms with Crippen molar-refractivity contribution in [1.29, 1.82) is 0 Å². The Balaban J connectivity index is 1.40. The van der Waals surface area contributed by atoms with Crippen LogP contribution in [-0.4, -0.2) is 54.4 Å². The molecule has 1 aliphatic heterocycles. The molecule has 7 heteroatoms. The summed E-state index contributed by atoms with van der Waals surface area (Å²) in [7, 11) is 2.17. The Morgan fingerprint density at radius 1 is 1.00 bits per heavy atom. The number of amides is 1. The van der Waals surface area contributed by atoms with Crippen LogP contribution in [0.15, 0.2) is 77.7 Å². The van der Waals surface area contributed by atoms with E-state index in [1.807, 2.05) is 42.5 Å². The first-order valence-electron chi connectivity index (χ1n) is 14.8. The van der Waals surface area contributed by atoms with Crippen LogP contribution < -0.4 is 5.32 Å². The van der Waals surface area contributed by atoms with Gasteiger partial charge in [0.25, 0.3) is 0 Å². The third-order valence-electron chi connectivity index (χ3n) is 8.34. The molecule has 3 aromatic rings. The van der Waals surface area contributed by atoms with E-state index in [1.165, 1.54) is 11.1 Å². The molecule has 4 nitrogen and oxygen atoms in total. The molecule has 0 bridgehead atoms. The Morgan fingerprint density at radius 2 is 1.66 bits per heavy atom. The highest BCUT2D eigenvalue weighted by Crippen LogP contribution is 2.38. The van der Waals surface area contributed by atoms with Gasteiger partial charge in [-0.3, -0.25) is 4.79 Å². The maximum atomic E-state index is 12.6. The molecule has 1 aliphatic rings. The monoisotopic (exact) mass is 611 g/mol. The van der Waals surface area contributed by atoms with Crippen molar-refractivity contribution >= 4 is 41.1 Å². The predicted molar refractivity (Wildman–Crippen MR) is 175 cm³/mol. The summed E-state index contributed by atoms with van der Waals surface area (Å²) in [5, 5.41) is 4.59. The number of likely N-dealkylation sites (N-methyl/N-ethyl adjacent to an activating group) is 1. The van der Waals surface area contributed by atoms with Gasteiger partial charge in [-0.25, -0.2) is 4.31 Å². The second-order valence-corrected chi connectivity index (χ2v) is 13.4. The van der Waals surface area contributed by atoms with Gasteiger partial charge >= 0.3 is 0 Å². The van der Waals surface area contributed by atoms with Crippen molar-refractivity contribution in [2.75, 3.05) is 33.2 Å². The van der Waals surface area contributed by atoms with Gasteiger partial charge < -0.3 is 10.2 Å². The molecule has 1 heterocycles. The van der Waals surface area contributed by atoms with Crippen LogP contribution in [0.4, 0.5) is 0 Å². The van der Waals surface area contributed by atoms with Gasteiger partial charge in [0.15, 0.2) is 0 Å². The van der Waals surface area contributed by atoms with Gasteiger partial charge in [0, 0.05) is 46.0 Å². The zero-order valence-corrected chi connectivity index (χ0v) is 26.9. The third kappa shape index (κ3) is 9.23. The van der Waals surface area contributed by atoms with Gasteiger partial charge in [0.2, 0.25) is 5.91 Å². The number of hydrogen-bond donors (Lipinski definition) is 1. The fraction of sp³-hybridized carbons (Fsp3) is 0.441. The standard InChI is InChI=1S/C34H43Cl2N3OS/c1-4-27-13-9-10-14-32(27)34(5-2,25-38(3)41-31-23-28(35)22-29(36)24-31)17-20-39-18-15-30(16-19-39)37-33(40)21-26-11-7-6-8-12-26/h6-14,22-24,30H,4-5,15-21,25H2,1-3H3,(H,37,40). The van der Waals surface area contributed by atoms with Gasteiger partial charge in [0.1, 0.15) is 0 Å². The highest BCUT2D eigenvalue weighted by Gasteiger charge is 2.34. The second kappa shape index (κ2) is 15.5. The maximum absolute atomic E-state index is 12.6. The van der Waals surface area contributed by atoms with Crippen molar-refractivity contribution in [3.63, 3.8) is 0 Å². The normalized spacial score (nSPS) is 16.0. The Morgan fingerprint density at radius 3 is 2.32 bits per heavy atom. The van der Waals surface area contributed by atoms with E-state index >= 15 is 0 Å². The number of nitrogens with one attached hydrogen (secondary N) is 1. The number of carbonyl (C=O) groups excluding carboxylic acids is 1. The Labute approximate surface area is 260 Å². The lowest BCUT2D eigenvalue weighted by molar-refractivity contribution is -0.121. The van der Waals surface area contributed by atoms with E-state index in [0.717, 1.165) is 68.7 Å². The topological polar surface area (TPSA) is 35.6 Å². The summed E-state index contributed by atoms with van der Waals surface area (Å²) in [6.07, 6.45) is 5.59. The number of piperidine rings is 1. The molecule has 0 spiro atoms. The number of benzene rings is 3. The minimum Gasteiger partial charge on any atom is -0.353 e. The zero-order valence-electron chi connectivity index (χ0n) is 24.5. The number of hydrogen-bond acceptors (Lipinski definition) is 4. The summed E-state index contributed by atoms with van der Waals surface area (Å²) >= 11 is 14.3. The van der Waals surface area contributed by atoms with E-state index in [9.17, 15) is 4.79 Å². The van der Waals surface area contributed by atoms with Gasteiger partial charge in [-0.15, -0.1) is 0 Å². The summed E-state index contributed by atoms with van der Waals surface area (Å²) in [5.74, 6) is 0.123. The van der Waals surface area contributed by atoms with Crippen molar-refractivity contribution in [2.24, 2.45) is 0 Å². The summed E-state index contributed by atoms with van der Waals surface area (Å²) in [6, 6.07) is 24.9. The van der Waals surface area contributed by atoms with Crippen LogP contribution in [0.25, 0.3) is 0 Å². The van der Waals surface area contributed by atoms with Gasteiger partial charge in [-0.1, -0.05) is 91.6 Å². The Bertz CT molecular complexity index is 1250. The summed E-state index contributed by atoms with van der Waals surface area (Å²) in [5.41, 5.74) is 3.97. The molecule has 1 saturated heterocycles. The predicted octanol–water partition coefficient (Wildman–Crippen LogP) is 8.06. The molecule has 1 fully saturated rings. The van der Waals surface area contributed by atoms with E-state index < -0.39 is 0 Å². The SMILES string of the molecule is CCc1ccccc1C(CC)(CCN1CCC(NC(=O)Cc2ccccc2)CC1)CN(C)Sc1cc(Cl)cc(Cl)c1. The molecule has 1 unspecified atom stereocenters. The van der Waals surface area contributed by atoms with E-state index in [-0.39, 0.29) is 17.4 Å². The highest BCUT2D eigenvalue weighted by atomic mass is 35.5. The molecule has 4 rings (SSSR count). The largest absolute Gasteiger partial charge is 0.353 e. The number of carbonyl (C=O) groups is 1. The Hall–Kier alpha value is -2.02. The fourth-order valence-electron chi connectivity index (χ4n) is 6.08. The molecular formula is C34H43Cl2N3OS. The van der Waals surface area contributed by atoms with E-state index in [4.69, 9.17) is 23.2 Å². The van der Waals surface area contributed by atoms with Crippen LogP contribution in [0, 0.1) is 0 Å². The van der Waals surface area contributed by atoms with Crippen LogP contribution >= 0.6 is 35.1 Å². The third-order valence-corrected chi connectivity index (χ3v) is 9.66. The van der Waals surface area contributed by atoms with Gasteiger partial charge in [-0.05, 0) is 92.5 Å². The summed E-state index contributed by atoms with van der Waals surface area (Å²) < 4.78 is 2.34. The molecule has 1 N–H and O–H groups in total. The molecule has 3 aromatic carbocycles. The molecule has 1 atom stereocenters. The first-order chi connectivity index (χ1) is 19.8. The molecular weight excluding hydrogens is 569 g/mol. The van der Waals surface area contributed by atoms with Crippen LogP contribution in [0.2, 0.25) is 10.0 Å². The number of aryl methyl sites for hydroxylation is 1. The highest BCUT2D eigenvalue weighted by molar-refractivity contribution is 7.97. The molecule has 0 radical (unpaired) electrons. The van der Waals surface area contributed by atoms with E-state index in [1.54, 1.807) is 18.0 Å². The smallest absolute Gasteiger partial charge is 0.224 e. The van der Waals surface area contributed by atoms with E-state index in [0.29, 0.717) is 16.5 Å². The maximum Gasteiger partial charge on any atom is 0.224 e. The molecule has 1 amide bonds. The first-order valence-corrected chi connectivity index (χ1v) is 16.3. The lowest BCUT2D eigenvalue weighted by atomic mass is 9.72. The minimum atomic E-state index is 0.0114. The van der Waals surface area contributed by atoms with Crippen LogP contribution in [0.3, 0.4) is 0 Å². The average molecular weight is 613 g/mol. The van der Waals surface area contributed by atoms with E-state index in [2.05, 4.69) is 59.7 Å². The average Bonchev–Trinajstić information content (AvgIpc) is 2.96. The van der Waals surface area contributed by atoms with Gasteiger partial charge in [0.05, 0.1) is 6.42 Å². The second-order valence-electron chi connectivity index (χ2n) is 11.2. The number of rotatable bonds is 13. The molecule has 0 aromatic heterocycles. The number of likely N-dealkylation sites (tertiary alicyclic amines) is 1. The number of halogens is 2. The molecule has 0 aliphatic carbocycles. The lowest BCUT2D eigenvalue weighted by Crippen LogP contribution is -2.47. The van der Waals surface area contributed by atoms with Crippen molar-refractivity contribution < 1.29 is 4.79 Å². The quantitative estimate of drug-likeness (QED) is 0.198. The molecule has 41 heavy (non-hydrogen) atoms. The molecule has 0 saturated carbocycles. The van der Waals surface area contributed by atoms with Crippen molar-refractivity contribution in [1.82, 2.24) is 14.5 Å². The Kier molecular flexibility index (Phi) is 12.0. The first kappa shape index (κ1) is 31.9. The lowest BCUT2D eigenvalue weighted by Gasteiger charge is -2.41. The van der Waals surface area contributed by atoms with Crippen LogP contribution in [0.1, 0.15) is 56.2 Å². The van der Waals surface area contributed by atoms with Crippen molar-refractivity contribution in [3.05, 3.63) is 99.5 Å². The molecule has 220 valence electrons. The zero-order chi connectivity index (χ0) is 29.2. The summed E-state index contributed by atoms with van der Waals surface area (Å²) in [6.45, 7) is 8.56. The minimum absolute atomic E-state index is 0.0114.